The quantitative estimate of drug-likeness (QED) is 0.838. The van der Waals surface area contributed by atoms with Crippen LogP contribution in [0.3, 0.4) is 0 Å². The van der Waals surface area contributed by atoms with Gasteiger partial charge in [-0.25, -0.2) is 0 Å². The Bertz CT molecular complexity index is 415. The monoisotopic (exact) mass is 257 g/mol. The molecule has 0 bridgehead atoms. The molecule has 96 valence electrons. The number of amides is 1. The maximum Gasteiger partial charge on any atom is 0.261 e. The highest BCUT2D eigenvalue weighted by molar-refractivity contribution is 7.19. The van der Waals surface area contributed by atoms with Crippen molar-refractivity contribution in [1.82, 2.24) is 0 Å². The van der Waals surface area contributed by atoms with Gasteiger partial charge in [-0.05, 0) is 5.92 Å². The third-order valence-corrected chi connectivity index (χ3v) is 3.61. The van der Waals surface area contributed by atoms with Crippen LogP contribution in [0.15, 0.2) is 0 Å². The minimum Gasteiger partial charge on any atom is -0.492 e. The van der Waals surface area contributed by atoms with Crippen molar-refractivity contribution in [2.75, 3.05) is 31.3 Å². The molecule has 0 aliphatic carbocycles. The molecule has 0 atom stereocenters. The zero-order valence-electron chi connectivity index (χ0n) is 10.6. The van der Waals surface area contributed by atoms with Crippen molar-refractivity contribution in [2.45, 2.75) is 13.8 Å². The molecule has 0 radical (unpaired) electrons. The van der Waals surface area contributed by atoms with Crippen LogP contribution in [0.4, 0.5) is 10.7 Å². The molecule has 0 aliphatic heterocycles. The lowest BCUT2D eigenvalue weighted by Gasteiger charge is -2.20. The van der Waals surface area contributed by atoms with Crippen LogP contribution in [0.25, 0.3) is 0 Å². The van der Waals surface area contributed by atoms with Crippen molar-refractivity contribution in [2.24, 2.45) is 11.7 Å². The molecule has 5 nitrogen and oxygen atoms in total. The van der Waals surface area contributed by atoms with E-state index >= 15 is 0 Å². The molecule has 0 saturated heterocycles. The van der Waals surface area contributed by atoms with Crippen LogP contribution < -0.4 is 21.1 Å². The Kier molecular flexibility index (Phi) is 4.22. The molecule has 4 N–H and O–H groups in total. The second-order valence-corrected chi connectivity index (χ2v) is 5.32. The smallest absolute Gasteiger partial charge is 0.261 e. The van der Waals surface area contributed by atoms with Gasteiger partial charge in [0.15, 0.2) is 5.75 Å². The third kappa shape index (κ3) is 2.82. The summed E-state index contributed by atoms with van der Waals surface area (Å²) >= 11 is 1.27. The minimum absolute atomic E-state index is 0.329. The molecule has 17 heavy (non-hydrogen) atoms. The minimum atomic E-state index is -0.519. The Morgan fingerprint density at radius 3 is 2.53 bits per heavy atom. The van der Waals surface area contributed by atoms with E-state index in [-0.39, 0.29) is 0 Å². The van der Waals surface area contributed by atoms with Crippen LogP contribution in [-0.2, 0) is 0 Å². The first-order valence-corrected chi connectivity index (χ1v) is 6.17. The summed E-state index contributed by atoms with van der Waals surface area (Å²) in [4.78, 5) is 13.6. The number of hydrogen-bond donors (Lipinski definition) is 2. The van der Waals surface area contributed by atoms with Gasteiger partial charge in [-0.2, -0.15) is 0 Å². The molecule has 1 heterocycles. The van der Waals surface area contributed by atoms with Crippen LogP contribution in [-0.4, -0.2) is 26.6 Å². The van der Waals surface area contributed by atoms with Gasteiger partial charge in [-0.15, -0.1) is 11.3 Å². The molecule has 0 saturated carbocycles. The topological polar surface area (TPSA) is 81.6 Å². The predicted molar refractivity (Wildman–Crippen MR) is 71.9 cm³/mol. The number of carbonyl (C=O) groups is 1. The van der Waals surface area contributed by atoms with E-state index in [9.17, 15) is 4.79 Å². The van der Waals surface area contributed by atoms with Crippen LogP contribution in [0.5, 0.6) is 5.75 Å². The molecule has 1 aromatic rings. The van der Waals surface area contributed by atoms with Crippen LogP contribution >= 0.6 is 11.3 Å². The fraction of sp³-hybridized carbons (Fsp3) is 0.545. The number of nitrogens with zero attached hydrogens (tertiary/aromatic N) is 1. The first kappa shape index (κ1) is 13.6. The predicted octanol–water partition coefficient (Wildman–Crippen LogP) is 1.53. The van der Waals surface area contributed by atoms with E-state index in [1.54, 1.807) is 0 Å². The van der Waals surface area contributed by atoms with Gasteiger partial charge in [-0.1, -0.05) is 13.8 Å². The normalized spacial score (nSPS) is 10.6. The first-order chi connectivity index (χ1) is 7.88. The van der Waals surface area contributed by atoms with Gasteiger partial charge in [0, 0.05) is 13.6 Å². The second kappa shape index (κ2) is 5.27. The maximum absolute atomic E-state index is 11.2. The van der Waals surface area contributed by atoms with E-state index in [1.807, 2.05) is 11.9 Å². The molecule has 1 amide bonds. The average molecular weight is 257 g/mol. The Morgan fingerprint density at radius 2 is 2.12 bits per heavy atom. The summed E-state index contributed by atoms with van der Waals surface area (Å²) in [5, 5.41) is 0.840. The SMILES string of the molecule is COc1c(N(C)CC(C)C)sc(C(N)=O)c1N. The number of ether oxygens (including phenoxy) is 1. The summed E-state index contributed by atoms with van der Waals surface area (Å²) < 4.78 is 5.25. The summed E-state index contributed by atoms with van der Waals surface area (Å²) in [6.07, 6.45) is 0. The van der Waals surface area contributed by atoms with Gasteiger partial charge >= 0.3 is 0 Å². The van der Waals surface area contributed by atoms with Gasteiger partial charge < -0.3 is 21.1 Å². The molecule has 1 rings (SSSR count). The van der Waals surface area contributed by atoms with Gasteiger partial charge in [-0.3, -0.25) is 4.79 Å². The largest absolute Gasteiger partial charge is 0.492 e. The Labute approximate surface area is 105 Å². The van der Waals surface area contributed by atoms with Crippen molar-refractivity contribution in [3.63, 3.8) is 0 Å². The zero-order valence-corrected chi connectivity index (χ0v) is 11.4. The van der Waals surface area contributed by atoms with Gasteiger partial charge in [0.05, 0.1) is 7.11 Å². The Balaban J connectivity index is 3.14. The lowest BCUT2D eigenvalue weighted by Crippen LogP contribution is -2.21. The fourth-order valence-corrected chi connectivity index (χ4v) is 2.69. The molecular formula is C11H19N3O2S. The highest BCUT2D eigenvalue weighted by atomic mass is 32.1. The highest BCUT2D eigenvalue weighted by Crippen LogP contribution is 2.44. The number of thiophene rings is 1. The summed E-state index contributed by atoms with van der Waals surface area (Å²) in [7, 11) is 3.48. The third-order valence-electron chi connectivity index (χ3n) is 2.30. The first-order valence-electron chi connectivity index (χ1n) is 5.35. The van der Waals surface area contributed by atoms with Crippen molar-refractivity contribution in [1.29, 1.82) is 0 Å². The summed E-state index contributed by atoms with van der Waals surface area (Å²) in [6, 6.07) is 0. The van der Waals surface area contributed by atoms with E-state index in [4.69, 9.17) is 16.2 Å². The van der Waals surface area contributed by atoms with Crippen LogP contribution in [0.2, 0.25) is 0 Å². The molecular weight excluding hydrogens is 238 g/mol. The fourth-order valence-electron chi connectivity index (χ4n) is 1.68. The zero-order chi connectivity index (χ0) is 13.2. The molecule has 0 fully saturated rings. The second-order valence-electron chi connectivity index (χ2n) is 4.32. The molecule has 0 aromatic carbocycles. The number of nitrogens with two attached hydrogens (primary N) is 2. The number of carbonyl (C=O) groups excluding carboxylic acids is 1. The number of primary amides is 1. The standard InChI is InChI=1S/C11H19N3O2S/c1-6(2)5-14(3)11-8(16-4)7(12)9(17-11)10(13)15/h6H,5,12H2,1-4H3,(H2,13,15). The molecule has 1 aromatic heterocycles. The Morgan fingerprint density at radius 1 is 1.53 bits per heavy atom. The van der Waals surface area contributed by atoms with Crippen molar-refractivity contribution in [3.05, 3.63) is 4.88 Å². The summed E-state index contributed by atoms with van der Waals surface area (Å²) in [5.74, 6) is 0.520. The van der Waals surface area contributed by atoms with E-state index in [0.29, 0.717) is 22.2 Å². The average Bonchev–Trinajstić information content (AvgIpc) is 2.54. The van der Waals surface area contributed by atoms with E-state index in [2.05, 4.69) is 13.8 Å². The summed E-state index contributed by atoms with van der Waals surface area (Å²) in [5.41, 5.74) is 11.4. The number of anilines is 2. The highest BCUT2D eigenvalue weighted by Gasteiger charge is 2.22. The Hall–Kier alpha value is -1.43. The number of nitrogen functional groups attached to an aromatic ring is 1. The van der Waals surface area contributed by atoms with Gasteiger partial charge in [0.1, 0.15) is 15.6 Å². The number of hydrogen-bond acceptors (Lipinski definition) is 5. The van der Waals surface area contributed by atoms with Crippen LogP contribution in [0, 0.1) is 5.92 Å². The number of rotatable bonds is 5. The lowest BCUT2D eigenvalue weighted by atomic mass is 10.2. The summed E-state index contributed by atoms with van der Waals surface area (Å²) in [6.45, 7) is 5.10. The molecule has 0 unspecified atom stereocenters. The lowest BCUT2D eigenvalue weighted by molar-refractivity contribution is 0.100. The van der Waals surface area contributed by atoms with Crippen molar-refractivity contribution >= 4 is 27.9 Å². The van der Waals surface area contributed by atoms with Crippen molar-refractivity contribution < 1.29 is 9.53 Å². The molecule has 6 heteroatoms. The maximum atomic E-state index is 11.2. The number of methoxy groups -OCH3 is 1. The van der Waals surface area contributed by atoms with E-state index in [0.717, 1.165) is 11.5 Å². The molecule has 0 spiro atoms. The van der Waals surface area contributed by atoms with E-state index in [1.165, 1.54) is 18.4 Å². The van der Waals surface area contributed by atoms with Gasteiger partial charge in [0.25, 0.3) is 5.91 Å². The van der Waals surface area contributed by atoms with Gasteiger partial charge in [0.2, 0.25) is 0 Å². The van der Waals surface area contributed by atoms with Crippen LogP contribution in [0.1, 0.15) is 23.5 Å². The van der Waals surface area contributed by atoms with E-state index < -0.39 is 5.91 Å². The molecule has 0 aliphatic rings. The van der Waals surface area contributed by atoms with Crippen molar-refractivity contribution in [3.8, 4) is 5.75 Å².